The molecule has 0 saturated heterocycles. The van der Waals surface area contributed by atoms with Gasteiger partial charge in [-0.05, 0) is 23.8 Å². The number of amides is 1. The van der Waals surface area contributed by atoms with Crippen LogP contribution in [0.25, 0.3) is 0 Å². The van der Waals surface area contributed by atoms with Crippen molar-refractivity contribution in [1.82, 2.24) is 30.5 Å². The molecular formula is C19H18N6O. The van der Waals surface area contributed by atoms with Crippen LogP contribution in [0.4, 0.5) is 0 Å². The van der Waals surface area contributed by atoms with Crippen molar-refractivity contribution in [3.63, 3.8) is 0 Å². The number of hydrogen-bond donors (Lipinski definition) is 2. The predicted octanol–water partition coefficient (Wildman–Crippen LogP) is 1.26. The minimum atomic E-state index is -0.163. The van der Waals surface area contributed by atoms with Gasteiger partial charge in [0.05, 0.1) is 24.1 Å². The molecule has 7 nitrogen and oxygen atoms in total. The van der Waals surface area contributed by atoms with E-state index in [4.69, 9.17) is 0 Å². The van der Waals surface area contributed by atoms with Crippen molar-refractivity contribution in [1.29, 1.82) is 0 Å². The molecule has 2 aromatic heterocycles. The molecule has 0 saturated carbocycles. The zero-order valence-corrected chi connectivity index (χ0v) is 14.0. The summed E-state index contributed by atoms with van der Waals surface area (Å²) in [5.41, 5.74) is 3.24. The van der Waals surface area contributed by atoms with Crippen LogP contribution in [-0.4, -0.2) is 31.9 Å². The molecule has 0 fully saturated rings. The Labute approximate surface area is 151 Å². The van der Waals surface area contributed by atoms with E-state index >= 15 is 0 Å². The quantitative estimate of drug-likeness (QED) is 0.848. The molecule has 0 aromatic carbocycles. The fraction of sp³-hybridized carbons (Fsp3) is 0.158. The molecule has 2 N–H and O–H groups in total. The van der Waals surface area contributed by atoms with E-state index in [1.54, 1.807) is 24.8 Å². The van der Waals surface area contributed by atoms with Gasteiger partial charge in [0.2, 0.25) is 0 Å². The monoisotopic (exact) mass is 346 g/mol. The van der Waals surface area contributed by atoms with Crippen LogP contribution in [-0.2, 0) is 17.8 Å². The fourth-order valence-electron chi connectivity index (χ4n) is 3.00. The molecule has 1 unspecified atom stereocenters. The van der Waals surface area contributed by atoms with Crippen LogP contribution >= 0.6 is 0 Å². The number of nitrogens with zero attached hydrogens (tertiary/aromatic N) is 4. The molecule has 2 aliphatic heterocycles. The molecule has 26 heavy (non-hydrogen) atoms. The summed E-state index contributed by atoms with van der Waals surface area (Å²) in [6.45, 7) is 0.331. The van der Waals surface area contributed by atoms with Crippen LogP contribution in [0, 0.1) is 0 Å². The first-order valence-electron chi connectivity index (χ1n) is 8.37. The van der Waals surface area contributed by atoms with E-state index in [0.29, 0.717) is 17.9 Å². The minimum Gasteiger partial charge on any atom is -0.358 e. The predicted molar refractivity (Wildman–Crippen MR) is 95.9 cm³/mol. The summed E-state index contributed by atoms with van der Waals surface area (Å²) in [5.74, 6) is -0.163. The normalized spacial score (nSPS) is 17.8. The lowest BCUT2D eigenvalue weighted by Gasteiger charge is -2.25. The molecule has 2 aromatic rings. The zero-order valence-electron chi connectivity index (χ0n) is 14.0. The molecule has 130 valence electrons. The van der Waals surface area contributed by atoms with Gasteiger partial charge in [-0.15, -0.1) is 0 Å². The topological polar surface area (TPSA) is 83.0 Å². The number of aromatic nitrogens is 3. The standard InChI is InChI=1S/C19H18N6O/c26-19(23-13-15-12-21-7-8-22-15)18-16-5-1-2-9-25(16)17(24-18)10-14-4-3-6-20-11-14/h1-9,11-12,17,24H,10,13H2,(H,23,26). The van der Waals surface area contributed by atoms with Crippen molar-refractivity contribution in [2.24, 2.45) is 0 Å². The maximum absolute atomic E-state index is 12.7. The average Bonchev–Trinajstić information content (AvgIpc) is 3.06. The highest BCUT2D eigenvalue weighted by molar-refractivity contribution is 5.94. The zero-order chi connectivity index (χ0) is 17.8. The van der Waals surface area contributed by atoms with Gasteiger partial charge in [0.1, 0.15) is 11.9 Å². The highest BCUT2D eigenvalue weighted by Crippen LogP contribution is 2.26. The highest BCUT2D eigenvalue weighted by Gasteiger charge is 2.32. The fourth-order valence-corrected chi connectivity index (χ4v) is 3.00. The Morgan fingerprint density at radius 2 is 2.12 bits per heavy atom. The van der Waals surface area contributed by atoms with Crippen molar-refractivity contribution in [2.45, 2.75) is 19.1 Å². The van der Waals surface area contributed by atoms with Crippen LogP contribution < -0.4 is 10.6 Å². The summed E-state index contributed by atoms with van der Waals surface area (Å²) in [7, 11) is 0. The third kappa shape index (κ3) is 3.32. The Hall–Kier alpha value is -3.48. The van der Waals surface area contributed by atoms with E-state index < -0.39 is 0 Å². The maximum atomic E-state index is 12.7. The van der Waals surface area contributed by atoms with Crippen LogP contribution in [0.3, 0.4) is 0 Å². The first kappa shape index (κ1) is 16.0. The van der Waals surface area contributed by atoms with Gasteiger partial charge in [0.15, 0.2) is 0 Å². The lowest BCUT2D eigenvalue weighted by molar-refractivity contribution is -0.118. The molecule has 4 rings (SSSR count). The number of rotatable bonds is 5. The van der Waals surface area contributed by atoms with Crippen molar-refractivity contribution in [2.75, 3.05) is 0 Å². The summed E-state index contributed by atoms with van der Waals surface area (Å²) in [5, 5.41) is 6.24. The van der Waals surface area contributed by atoms with Crippen molar-refractivity contribution >= 4 is 5.91 Å². The van der Waals surface area contributed by atoms with Gasteiger partial charge < -0.3 is 15.5 Å². The third-order valence-corrected chi connectivity index (χ3v) is 4.22. The largest absolute Gasteiger partial charge is 0.358 e. The van der Waals surface area contributed by atoms with E-state index in [9.17, 15) is 4.79 Å². The first-order chi connectivity index (χ1) is 12.8. The van der Waals surface area contributed by atoms with Gasteiger partial charge in [-0.3, -0.25) is 19.7 Å². The average molecular weight is 346 g/mol. The lowest BCUT2D eigenvalue weighted by atomic mass is 10.1. The van der Waals surface area contributed by atoms with Gasteiger partial charge in [-0.25, -0.2) is 0 Å². The second-order valence-electron chi connectivity index (χ2n) is 5.97. The van der Waals surface area contributed by atoms with Crippen LogP contribution in [0.15, 0.2) is 78.9 Å². The van der Waals surface area contributed by atoms with Gasteiger partial charge in [0.25, 0.3) is 5.91 Å². The second kappa shape index (κ2) is 7.18. The number of allylic oxidation sites excluding steroid dienone is 3. The molecule has 0 radical (unpaired) electrons. The summed E-state index contributed by atoms with van der Waals surface area (Å²) in [4.78, 5) is 27.1. The highest BCUT2D eigenvalue weighted by atomic mass is 16.2. The second-order valence-corrected chi connectivity index (χ2v) is 5.97. The molecule has 4 heterocycles. The van der Waals surface area contributed by atoms with Crippen LogP contribution in [0.1, 0.15) is 11.3 Å². The van der Waals surface area contributed by atoms with E-state index in [0.717, 1.165) is 17.7 Å². The van der Waals surface area contributed by atoms with Crippen LogP contribution in [0.5, 0.6) is 0 Å². The third-order valence-electron chi connectivity index (χ3n) is 4.22. The Bertz CT molecular complexity index is 875. The molecule has 1 amide bonds. The Morgan fingerprint density at radius 1 is 1.19 bits per heavy atom. The first-order valence-corrected chi connectivity index (χ1v) is 8.37. The van der Waals surface area contributed by atoms with Crippen molar-refractivity contribution in [3.05, 3.63) is 90.2 Å². The lowest BCUT2D eigenvalue weighted by Crippen LogP contribution is -2.38. The van der Waals surface area contributed by atoms with E-state index in [2.05, 4.69) is 30.5 Å². The van der Waals surface area contributed by atoms with Gasteiger partial charge in [-0.2, -0.15) is 0 Å². The van der Waals surface area contributed by atoms with Gasteiger partial charge in [0, 0.05) is 37.4 Å². The number of fused-ring (bicyclic) bond motifs is 1. The van der Waals surface area contributed by atoms with Crippen molar-refractivity contribution in [3.8, 4) is 0 Å². The number of carbonyl (C=O) groups excluding carboxylic acids is 1. The Kier molecular flexibility index (Phi) is 4.42. The summed E-state index contributed by atoms with van der Waals surface area (Å²) in [6, 6.07) is 3.95. The molecule has 2 aliphatic rings. The van der Waals surface area contributed by atoms with Crippen molar-refractivity contribution < 1.29 is 4.79 Å². The number of nitrogens with one attached hydrogen (secondary N) is 2. The Morgan fingerprint density at radius 3 is 2.92 bits per heavy atom. The SMILES string of the molecule is O=C(NCc1cnccn1)C1=C2C=CC=CN2C(Cc2cccnc2)N1. The maximum Gasteiger partial charge on any atom is 0.269 e. The summed E-state index contributed by atoms with van der Waals surface area (Å²) >= 11 is 0. The Balaban J connectivity index is 1.49. The summed E-state index contributed by atoms with van der Waals surface area (Å²) < 4.78 is 0. The molecule has 0 bridgehead atoms. The summed E-state index contributed by atoms with van der Waals surface area (Å²) in [6.07, 6.45) is 17.0. The molecule has 7 heteroatoms. The number of carbonyl (C=O) groups is 1. The number of pyridine rings is 1. The molecule has 0 spiro atoms. The molecule has 0 aliphatic carbocycles. The molecular weight excluding hydrogens is 328 g/mol. The van der Waals surface area contributed by atoms with Gasteiger partial charge in [-0.1, -0.05) is 12.1 Å². The number of hydrogen-bond acceptors (Lipinski definition) is 6. The van der Waals surface area contributed by atoms with Crippen LogP contribution in [0.2, 0.25) is 0 Å². The smallest absolute Gasteiger partial charge is 0.269 e. The van der Waals surface area contributed by atoms with Gasteiger partial charge >= 0.3 is 0 Å². The van der Waals surface area contributed by atoms with E-state index in [-0.39, 0.29) is 12.1 Å². The molecule has 1 atom stereocenters. The van der Waals surface area contributed by atoms with E-state index in [1.165, 1.54) is 0 Å². The van der Waals surface area contributed by atoms with E-state index in [1.807, 2.05) is 42.8 Å². The minimum absolute atomic E-state index is 0.0346.